The fraction of sp³-hybridized carbons (Fsp3) is 0.348. The summed E-state index contributed by atoms with van der Waals surface area (Å²) in [4.78, 5) is 2.37. The lowest BCUT2D eigenvalue weighted by atomic mass is 10.0. The van der Waals surface area contributed by atoms with Gasteiger partial charge in [0.1, 0.15) is 5.75 Å². The molecule has 2 aromatic carbocycles. The summed E-state index contributed by atoms with van der Waals surface area (Å²) >= 11 is 0. The van der Waals surface area contributed by atoms with Gasteiger partial charge in [0.2, 0.25) is 0 Å². The second-order valence-corrected chi connectivity index (χ2v) is 7.17. The van der Waals surface area contributed by atoms with Gasteiger partial charge in [-0.2, -0.15) is 5.10 Å². The van der Waals surface area contributed by atoms with Gasteiger partial charge in [0.25, 0.3) is 0 Å². The van der Waals surface area contributed by atoms with Crippen LogP contribution in [0.1, 0.15) is 23.4 Å². The van der Waals surface area contributed by atoms with E-state index in [-0.39, 0.29) is 0 Å². The summed E-state index contributed by atoms with van der Waals surface area (Å²) in [6.45, 7) is 7.14. The van der Waals surface area contributed by atoms with Gasteiger partial charge >= 0.3 is 0 Å². The molecule has 1 heterocycles. The standard InChI is InChI=1S/C23H29N3O/c1-18-15-19(2)26(24-18)14-6-13-25(3)17-20-9-11-21(12-10-20)22-7-5-8-23(16-22)27-4/h5,7-12,15-16H,6,13-14,17H2,1-4H3. The summed E-state index contributed by atoms with van der Waals surface area (Å²) in [5.74, 6) is 0.888. The van der Waals surface area contributed by atoms with Crippen LogP contribution in [0.4, 0.5) is 0 Å². The van der Waals surface area contributed by atoms with Gasteiger partial charge in [-0.15, -0.1) is 0 Å². The van der Waals surface area contributed by atoms with Gasteiger partial charge in [0, 0.05) is 18.8 Å². The van der Waals surface area contributed by atoms with Crippen molar-refractivity contribution >= 4 is 0 Å². The van der Waals surface area contributed by atoms with Gasteiger partial charge in [0.05, 0.1) is 12.8 Å². The van der Waals surface area contributed by atoms with Crippen LogP contribution in [0.15, 0.2) is 54.6 Å². The zero-order valence-corrected chi connectivity index (χ0v) is 16.8. The van der Waals surface area contributed by atoms with E-state index in [4.69, 9.17) is 4.74 Å². The first-order valence-corrected chi connectivity index (χ1v) is 9.48. The lowest BCUT2D eigenvalue weighted by molar-refractivity contribution is 0.311. The predicted molar refractivity (Wildman–Crippen MR) is 111 cm³/mol. The molecule has 0 aliphatic rings. The third-order valence-electron chi connectivity index (χ3n) is 4.82. The Labute approximate surface area is 162 Å². The average molecular weight is 364 g/mol. The fourth-order valence-electron chi connectivity index (χ4n) is 3.39. The summed E-state index contributed by atoms with van der Waals surface area (Å²) < 4.78 is 7.42. The maximum atomic E-state index is 5.32. The normalized spacial score (nSPS) is 11.1. The van der Waals surface area contributed by atoms with Gasteiger partial charge < -0.3 is 9.64 Å². The van der Waals surface area contributed by atoms with Crippen LogP contribution in [-0.2, 0) is 13.1 Å². The lowest BCUT2D eigenvalue weighted by Gasteiger charge is -2.17. The second-order valence-electron chi connectivity index (χ2n) is 7.17. The van der Waals surface area contributed by atoms with Crippen molar-refractivity contribution in [3.8, 4) is 16.9 Å². The largest absolute Gasteiger partial charge is 0.497 e. The molecule has 3 rings (SSSR count). The van der Waals surface area contributed by atoms with E-state index in [2.05, 4.69) is 71.1 Å². The van der Waals surface area contributed by atoms with Gasteiger partial charge in [0.15, 0.2) is 0 Å². The van der Waals surface area contributed by atoms with Crippen molar-refractivity contribution in [3.63, 3.8) is 0 Å². The summed E-state index contributed by atoms with van der Waals surface area (Å²) in [5, 5.41) is 4.53. The first-order valence-electron chi connectivity index (χ1n) is 9.48. The number of methoxy groups -OCH3 is 1. The molecule has 0 atom stereocenters. The number of aryl methyl sites for hydroxylation is 3. The molecule has 0 amide bonds. The number of hydrogen-bond acceptors (Lipinski definition) is 3. The van der Waals surface area contributed by atoms with Crippen LogP contribution in [-0.4, -0.2) is 35.4 Å². The predicted octanol–water partition coefficient (Wildman–Crippen LogP) is 4.70. The number of aromatic nitrogens is 2. The van der Waals surface area contributed by atoms with E-state index in [0.29, 0.717) is 0 Å². The molecule has 1 aromatic heterocycles. The molecule has 4 nitrogen and oxygen atoms in total. The van der Waals surface area contributed by atoms with Crippen molar-refractivity contribution in [2.24, 2.45) is 0 Å². The topological polar surface area (TPSA) is 30.3 Å². The van der Waals surface area contributed by atoms with Crippen LogP contribution in [0.2, 0.25) is 0 Å². The minimum absolute atomic E-state index is 0.888. The van der Waals surface area contributed by atoms with E-state index in [1.807, 2.05) is 19.1 Å². The molecule has 0 saturated heterocycles. The molecule has 4 heteroatoms. The third-order valence-corrected chi connectivity index (χ3v) is 4.82. The first-order chi connectivity index (χ1) is 13.0. The van der Waals surface area contributed by atoms with E-state index in [0.717, 1.165) is 37.5 Å². The average Bonchev–Trinajstić information content (AvgIpc) is 2.99. The molecule has 0 radical (unpaired) electrons. The van der Waals surface area contributed by atoms with Crippen molar-refractivity contribution in [1.29, 1.82) is 0 Å². The van der Waals surface area contributed by atoms with Crippen LogP contribution < -0.4 is 4.74 Å². The molecule has 142 valence electrons. The SMILES string of the molecule is COc1cccc(-c2ccc(CN(C)CCCn3nc(C)cc3C)cc2)c1. The van der Waals surface area contributed by atoms with Crippen molar-refractivity contribution in [2.45, 2.75) is 33.4 Å². The third kappa shape index (κ3) is 5.20. The number of benzene rings is 2. The minimum Gasteiger partial charge on any atom is -0.497 e. The molecule has 27 heavy (non-hydrogen) atoms. The monoisotopic (exact) mass is 363 g/mol. The number of hydrogen-bond donors (Lipinski definition) is 0. The first kappa shape index (κ1) is 19.2. The maximum Gasteiger partial charge on any atom is 0.119 e. The smallest absolute Gasteiger partial charge is 0.119 e. The Hall–Kier alpha value is -2.59. The lowest BCUT2D eigenvalue weighted by Crippen LogP contribution is -2.20. The van der Waals surface area contributed by atoms with E-state index in [1.165, 1.54) is 22.4 Å². The van der Waals surface area contributed by atoms with Gasteiger partial charge in [-0.1, -0.05) is 36.4 Å². The van der Waals surface area contributed by atoms with E-state index >= 15 is 0 Å². The summed E-state index contributed by atoms with van der Waals surface area (Å²) in [6.07, 6.45) is 1.10. The fourth-order valence-corrected chi connectivity index (χ4v) is 3.39. The van der Waals surface area contributed by atoms with Gasteiger partial charge in [-0.05, 0) is 68.8 Å². The van der Waals surface area contributed by atoms with Crippen molar-refractivity contribution in [1.82, 2.24) is 14.7 Å². The molecule has 0 saturated carbocycles. The van der Waals surface area contributed by atoms with Gasteiger partial charge in [-0.3, -0.25) is 4.68 Å². The Morgan fingerprint density at radius 2 is 1.78 bits per heavy atom. The highest BCUT2D eigenvalue weighted by Gasteiger charge is 2.05. The van der Waals surface area contributed by atoms with Crippen LogP contribution >= 0.6 is 0 Å². The zero-order valence-electron chi connectivity index (χ0n) is 16.8. The van der Waals surface area contributed by atoms with Crippen LogP contribution in [0, 0.1) is 13.8 Å². The Bertz CT molecular complexity index is 868. The Balaban J connectivity index is 1.52. The second kappa shape index (κ2) is 8.87. The van der Waals surface area contributed by atoms with Gasteiger partial charge in [-0.25, -0.2) is 0 Å². The highest BCUT2D eigenvalue weighted by atomic mass is 16.5. The molecule has 0 N–H and O–H groups in total. The number of rotatable bonds is 8. The van der Waals surface area contributed by atoms with E-state index < -0.39 is 0 Å². The van der Waals surface area contributed by atoms with Crippen molar-refractivity contribution in [2.75, 3.05) is 20.7 Å². The zero-order chi connectivity index (χ0) is 19.2. The number of nitrogens with zero attached hydrogens (tertiary/aromatic N) is 3. The van der Waals surface area contributed by atoms with E-state index in [1.54, 1.807) is 7.11 Å². The Morgan fingerprint density at radius 3 is 2.44 bits per heavy atom. The highest BCUT2D eigenvalue weighted by molar-refractivity contribution is 5.65. The molecule has 0 unspecified atom stereocenters. The van der Waals surface area contributed by atoms with Crippen molar-refractivity contribution in [3.05, 3.63) is 71.5 Å². The summed E-state index contributed by atoms with van der Waals surface area (Å²) in [5.41, 5.74) is 6.06. The Morgan fingerprint density at radius 1 is 1.00 bits per heavy atom. The molecular weight excluding hydrogens is 334 g/mol. The van der Waals surface area contributed by atoms with Crippen LogP contribution in [0.3, 0.4) is 0 Å². The molecular formula is C23H29N3O. The Kier molecular flexibility index (Phi) is 6.30. The molecule has 0 spiro atoms. The number of ether oxygens (including phenoxy) is 1. The van der Waals surface area contributed by atoms with Crippen LogP contribution in [0.25, 0.3) is 11.1 Å². The molecule has 0 aliphatic carbocycles. The maximum absolute atomic E-state index is 5.32. The van der Waals surface area contributed by atoms with E-state index in [9.17, 15) is 0 Å². The molecule has 0 bridgehead atoms. The highest BCUT2D eigenvalue weighted by Crippen LogP contribution is 2.24. The minimum atomic E-state index is 0.888. The van der Waals surface area contributed by atoms with Crippen molar-refractivity contribution < 1.29 is 4.74 Å². The van der Waals surface area contributed by atoms with Crippen LogP contribution in [0.5, 0.6) is 5.75 Å². The molecule has 0 fully saturated rings. The molecule has 3 aromatic rings. The summed E-state index contributed by atoms with van der Waals surface area (Å²) in [7, 11) is 3.88. The molecule has 0 aliphatic heterocycles. The summed E-state index contributed by atoms with van der Waals surface area (Å²) in [6, 6.07) is 19.1. The quantitative estimate of drug-likeness (QED) is 0.581.